The van der Waals surface area contributed by atoms with Crippen molar-refractivity contribution in [2.45, 2.75) is 54.2 Å². The monoisotopic (exact) mass is 377 g/mol. The summed E-state index contributed by atoms with van der Waals surface area (Å²) in [4.78, 5) is 4.30. The summed E-state index contributed by atoms with van der Waals surface area (Å²) in [5.74, 6) is 1.20. The highest BCUT2D eigenvalue weighted by Crippen LogP contribution is 2.16. The van der Waals surface area contributed by atoms with Gasteiger partial charge in [0.05, 0.1) is 12.6 Å². The third-order valence-corrected chi connectivity index (χ3v) is 3.10. The molecule has 0 atom stereocenters. The molecule has 5 heteroatoms. The number of ether oxygens (including phenoxy) is 1. The quantitative estimate of drug-likeness (QED) is 0.488. The Hall–Kier alpha value is -2.20. The number of guanidine groups is 1. The summed E-state index contributed by atoms with van der Waals surface area (Å²) >= 11 is 5.84. The zero-order valence-corrected chi connectivity index (χ0v) is 17.5. The van der Waals surface area contributed by atoms with Crippen LogP contribution in [0.2, 0.25) is 5.02 Å². The summed E-state index contributed by atoms with van der Waals surface area (Å²) in [5, 5.41) is 3.76. The molecule has 26 heavy (non-hydrogen) atoms. The average molecular weight is 378 g/mol. The van der Waals surface area contributed by atoms with Crippen LogP contribution in [0.4, 0.5) is 5.69 Å². The molecule has 4 nitrogen and oxygen atoms in total. The van der Waals surface area contributed by atoms with E-state index in [0.717, 1.165) is 17.0 Å². The largest absolute Gasteiger partial charge is 0.491 e. The first-order valence-corrected chi connectivity index (χ1v) is 9.49. The van der Waals surface area contributed by atoms with Gasteiger partial charge >= 0.3 is 0 Å². The molecule has 0 radical (unpaired) electrons. The topological polar surface area (TPSA) is 59.6 Å². The van der Waals surface area contributed by atoms with E-state index in [4.69, 9.17) is 22.1 Å². The number of hydrogen-bond acceptors (Lipinski definition) is 2. The molecule has 3 N–H and O–H groups in total. The Balaban J connectivity index is 0.00000146. The van der Waals surface area contributed by atoms with Gasteiger partial charge in [0.25, 0.3) is 0 Å². The molecule has 0 bridgehead atoms. The standard InChI is InChI=1S/C17H20ClN3O.2C2H6/c1-12(2)22-16-9-7-15(8-10-16)21-17(19)20-11-13-3-5-14(18)6-4-13;2*1-2/h3-10,12H,11H2,1-2H3,(H3,19,20,21);2*1-2H3. The summed E-state index contributed by atoms with van der Waals surface area (Å²) < 4.78 is 5.59. The molecule has 0 unspecified atom stereocenters. The Morgan fingerprint density at radius 1 is 1.00 bits per heavy atom. The van der Waals surface area contributed by atoms with Gasteiger partial charge < -0.3 is 15.8 Å². The Bertz CT molecular complexity index is 623. The van der Waals surface area contributed by atoms with Crippen LogP contribution in [-0.2, 0) is 6.54 Å². The van der Waals surface area contributed by atoms with Crippen LogP contribution in [0.3, 0.4) is 0 Å². The van der Waals surface area contributed by atoms with Crippen molar-refractivity contribution < 1.29 is 4.74 Å². The third-order valence-electron chi connectivity index (χ3n) is 2.84. The highest BCUT2D eigenvalue weighted by molar-refractivity contribution is 6.30. The second-order valence-corrected chi connectivity index (χ2v) is 5.58. The van der Waals surface area contributed by atoms with Gasteiger partial charge in [0.2, 0.25) is 0 Å². The van der Waals surface area contributed by atoms with E-state index in [1.54, 1.807) is 0 Å². The van der Waals surface area contributed by atoms with Crippen molar-refractivity contribution in [1.29, 1.82) is 0 Å². The number of rotatable bonds is 5. The SMILES string of the molecule is CC.CC.CC(C)Oc1ccc(NC(N)=NCc2ccc(Cl)cc2)cc1. The lowest BCUT2D eigenvalue weighted by atomic mass is 10.2. The van der Waals surface area contributed by atoms with Crippen LogP contribution >= 0.6 is 11.6 Å². The number of hydrogen-bond donors (Lipinski definition) is 2. The molecule has 0 spiro atoms. The van der Waals surface area contributed by atoms with Crippen LogP contribution in [-0.4, -0.2) is 12.1 Å². The number of benzene rings is 2. The summed E-state index contributed by atoms with van der Waals surface area (Å²) in [7, 11) is 0. The van der Waals surface area contributed by atoms with E-state index in [0.29, 0.717) is 17.5 Å². The first-order valence-electron chi connectivity index (χ1n) is 9.11. The molecule has 0 aliphatic carbocycles. The van der Waals surface area contributed by atoms with E-state index in [1.807, 2.05) is 90.1 Å². The number of halogens is 1. The molecule has 0 aromatic heterocycles. The molecule has 0 saturated heterocycles. The summed E-state index contributed by atoms with van der Waals surface area (Å²) in [6, 6.07) is 15.1. The van der Waals surface area contributed by atoms with E-state index in [9.17, 15) is 0 Å². The minimum atomic E-state index is 0.157. The molecule has 0 fully saturated rings. The van der Waals surface area contributed by atoms with Crippen molar-refractivity contribution in [3.8, 4) is 5.75 Å². The zero-order valence-electron chi connectivity index (χ0n) is 16.7. The van der Waals surface area contributed by atoms with Gasteiger partial charge in [0.15, 0.2) is 5.96 Å². The van der Waals surface area contributed by atoms with Gasteiger partial charge in [-0.25, -0.2) is 4.99 Å². The van der Waals surface area contributed by atoms with E-state index in [2.05, 4.69) is 10.3 Å². The van der Waals surface area contributed by atoms with Gasteiger partial charge in [0.1, 0.15) is 5.75 Å². The van der Waals surface area contributed by atoms with E-state index < -0.39 is 0 Å². The zero-order chi connectivity index (χ0) is 19.9. The fourth-order valence-corrected chi connectivity index (χ4v) is 1.97. The van der Waals surface area contributed by atoms with Crippen molar-refractivity contribution in [3.63, 3.8) is 0 Å². The first-order chi connectivity index (χ1) is 12.5. The highest BCUT2D eigenvalue weighted by Gasteiger charge is 1.99. The molecule has 0 saturated carbocycles. The average Bonchev–Trinajstić information content (AvgIpc) is 2.66. The summed E-state index contributed by atoms with van der Waals surface area (Å²) in [5.41, 5.74) is 7.80. The maximum Gasteiger partial charge on any atom is 0.193 e. The highest BCUT2D eigenvalue weighted by atomic mass is 35.5. The smallest absolute Gasteiger partial charge is 0.193 e. The number of nitrogens with two attached hydrogens (primary N) is 1. The third kappa shape index (κ3) is 9.94. The fourth-order valence-electron chi connectivity index (χ4n) is 1.84. The van der Waals surface area contributed by atoms with Crippen molar-refractivity contribution >= 4 is 23.2 Å². The molecular weight excluding hydrogens is 346 g/mol. The van der Waals surface area contributed by atoms with Gasteiger partial charge in [0, 0.05) is 10.7 Å². The number of nitrogens with zero attached hydrogens (tertiary/aromatic N) is 1. The van der Waals surface area contributed by atoms with Gasteiger partial charge in [-0.1, -0.05) is 51.4 Å². The Morgan fingerprint density at radius 2 is 1.54 bits per heavy atom. The van der Waals surface area contributed by atoms with Crippen molar-refractivity contribution in [2.75, 3.05) is 5.32 Å². The molecule has 2 aromatic rings. The first kappa shape index (κ1) is 23.8. The molecule has 0 heterocycles. The Morgan fingerprint density at radius 3 is 2.04 bits per heavy atom. The fraction of sp³-hybridized carbons (Fsp3) is 0.381. The normalized spacial score (nSPS) is 10.2. The minimum Gasteiger partial charge on any atom is -0.491 e. The molecule has 2 aromatic carbocycles. The van der Waals surface area contributed by atoms with E-state index in [1.165, 1.54) is 0 Å². The minimum absolute atomic E-state index is 0.157. The molecule has 2 rings (SSSR count). The second-order valence-electron chi connectivity index (χ2n) is 5.14. The second kappa shape index (κ2) is 14.0. The Labute approximate surface area is 163 Å². The Kier molecular flexibility index (Phi) is 12.8. The van der Waals surface area contributed by atoms with Gasteiger partial charge in [-0.05, 0) is 55.8 Å². The van der Waals surface area contributed by atoms with Gasteiger partial charge in [-0.3, -0.25) is 0 Å². The summed E-state index contributed by atoms with van der Waals surface area (Å²) in [6.45, 7) is 12.5. The van der Waals surface area contributed by atoms with Gasteiger partial charge in [-0.2, -0.15) is 0 Å². The van der Waals surface area contributed by atoms with Crippen molar-refractivity contribution in [3.05, 3.63) is 59.1 Å². The lowest BCUT2D eigenvalue weighted by Gasteiger charge is -2.11. The van der Waals surface area contributed by atoms with Crippen LogP contribution in [0, 0.1) is 0 Å². The van der Waals surface area contributed by atoms with E-state index >= 15 is 0 Å². The van der Waals surface area contributed by atoms with Crippen LogP contribution in [0.15, 0.2) is 53.5 Å². The van der Waals surface area contributed by atoms with Gasteiger partial charge in [-0.15, -0.1) is 0 Å². The molecule has 0 aliphatic heterocycles. The molecular formula is C21H32ClN3O. The number of anilines is 1. The van der Waals surface area contributed by atoms with Crippen LogP contribution in [0.1, 0.15) is 47.1 Å². The maximum absolute atomic E-state index is 5.88. The van der Waals surface area contributed by atoms with E-state index in [-0.39, 0.29) is 6.10 Å². The molecule has 0 aliphatic rings. The lowest BCUT2D eigenvalue weighted by molar-refractivity contribution is 0.242. The maximum atomic E-state index is 5.88. The van der Waals surface area contributed by atoms with Crippen LogP contribution in [0.25, 0.3) is 0 Å². The number of nitrogens with one attached hydrogen (secondary N) is 1. The van der Waals surface area contributed by atoms with Crippen LogP contribution < -0.4 is 15.8 Å². The summed E-state index contributed by atoms with van der Waals surface area (Å²) in [6.07, 6.45) is 0.157. The predicted octanol–water partition coefficient (Wildman–Crippen LogP) is 6.11. The predicted molar refractivity (Wildman–Crippen MR) is 115 cm³/mol. The van der Waals surface area contributed by atoms with Crippen LogP contribution in [0.5, 0.6) is 5.75 Å². The number of aliphatic imine (C=N–C) groups is 1. The van der Waals surface area contributed by atoms with Crippen molar-refractivity contribution in [1.82, 2.24) is 0 Å². The lowest BCUT2D eigenvalue weighted by Crippen LogP contribution is -2.22. The molecule has 0 amide bonds. The van der Waals surface area contributed by atoms with Crippen molar-refractivity contribution in [2.24, 2.45) is 10.7 Å². The molecule has 144 valence electrons.